The number of carboxylic acids is 2. The van der Waals surface area contributed by atoms with Crippen molar-refractivity contribution in [2.45, 2.75) is 63.7 Å². The molecule has 13 nitrogen and oxygen atoms in total. The molecule has 0 aliphatic heterocycles. The van der Waals surface area contributed by atoms with Crippen LogP contribution in [0.15, 0.2) is 30.3 Å². The number of hydrogen-bond acceptors (Lipinski definition) is 7. The summed E-state index contributed by atoms with van der Waals surface area (Å²) in [5, 5.41) is 25.4. The van der Waals surface area contributed by atoms with E-state index >= 15 is 0 Å². The number of carboxylic acid groups (broad SMARTS) is 2. The van der Waals surface area contributed by atoms with Crippen molar-refractivity contribution in [3.8, 4) is 0 Å². The van der Waals surface area contributed by atoms with E-state index in [2.05, 4.69) is 16.0 Å². The van der Waals surface area contributed by atoms with Crippen LogP contribution in [0.25, 0.3) is 0 Å². The second kappa shape index (κ2) is 14.4. The Kier molecular flexibility index (Phi) is 12.0. The molecule has 0 saturated carbocycles. The third-order valence-corrected chi connectivity index (χ3v) is 5.19. The van der Waals surface area contributed by atoms with Crippen LogP contribution in [0, 0.1) is 5.92 Å². The highest BCUT2D eigenvalue weighted by Gasteiger charge is 2.32. The molecular weight excluding hydrogens is 474 g/mol. The van der Waals surface area contributed by atoms with E-state index in [1.54, 1.807) is 44.2 Å². The van der Waals surface area contributed by atoms with Gasteiger partial charge in [0.1, 0.15) is 18.1 Å². The lowest BCUT2D eigenvalue weighted by molar-refractivity contribution is -0.147. The summed E-state index contributed by atoms with van der Waals surface area (Å²) in [6, 6.07) is 3.35. The van der Waals surface area contributed by atoms with E-state index < -0.39 is 72.1 Å². The Balaban J connectivity index is 3.07. The zero-order chi connectivity index (χ0) is 27.4. The fourth-order valence-electron chi connectivity index (χ4n) is 3.19. The van der Waals surface area contributed by atoms with Crippen molar-refractivity contribution in [1.82, 2.24) is 16.0 Å². The number of nitrogens with one attached hydrogen (secondary N) is 3. The number of carbonyl (C=O) groups is 6. The van der Waals surface area contributed by atoms with Crippen molar-refractivity contribution in [3.05, 3.63) is 35.9 Å². The topological polar surface area (TPSA) is 231 Å². The van der Waals surface area contributed by atoms with Crippen LogP contribution in [0.5, 0.6) is 0 Å². The molecule has 0 bridgehead atoms. The van der Waals surface area contributed by atoms with Crippen molar-refractivity contribution >= 4 is 35.6 Å². The Bertz CT molecular complexity index is 953. The van der Waals surface area contributed by atoms with Crippen LogP contribution in [-0.2, 0) is 35.2 Å². The van der Waals surface area contributed by atoms with Crippen LogP contribution in [0.1, 0.15) is 38.7 Å². The van der Waals surface area contributed by atoms with E-state index in [0.29, 0.717) is 5.56 Å². The molecule has 9 N–H and O–H groups in total. The summed E-state index contributed by atoms with van der Waals surface area (Å²) in [7, 11) is 0. The SMILES string of the molecule is CC(C)C(NC(=O)C(N)CCC(N)=O)C(=O)NC(Cc1ccccc1)C(=O)NC(CC(=O)O)C(=O)O. The summed E-state index contributed by atoms with van der Waals surface area (Å²) in [6.07, 6.45) is -1.03. The fraction of sp³-hybridized carbons (Fsp3) is 0.478. The predicted octanol–water partition coefficient (Wildman–Crippen LogP) is -1.51. The Morgan fingerprint density at radius 1 is 0.861 bits per heavy atom. The van der Waals surface area contributed by atoms with Crippen LogP contribution in [0.2, 0.25) is 0 Å². The van der Waals surface area contributed by atoms with Crippen molar-refractivity contribution < 1.29 is 39.0 Å². The highest BCUT2D eigenvalue weighted by molar-refractivity contribution is 5.95. The molecule has 4 atom stereocenters. The van der Waals surface area contributed by atoms with Gasteiger partial charge in [0, 0.05) is 12.8 Å². The van der Waals surface area contributed by atoms with Crippen LogP contribution in [0.3, 0.4) is 0 Å². The predicted molar refractivity (Wildman–Crippen MR) is 127 cm³/mol. The summed E-state index contributed by atoms with van der Waals surface area (Å²) < 4.78 is 0. The first-order valence-corrected chi connectivity index (χ1v) is 11.2. The van der Waals surface area contributed by atoms with E-state index in [0.717, 1.165) is 0 Å². The standard InChI is InChI=1S/C23H33N5O8/c1-12(2)19(28-20(32)14(24)8-9-17(25)29)22(34)26-15(10-13-6-4-3-5-7-13)21(33)27-16(23(35)36)11-18(30)31/h3-7,12,14-16,19H,8-11,24H2,1-2H3,(H2,25,29)(H,26,34)(H,27,33)(H,28,32)(H,30,31)(H,35,36). The van der Waals surface area contributed by atoms with E-state index in [-0.39, 0.29) is 19.3 Å². The van der Waals surface area contributed by atoms with Gasteiger partial charge in [-0.2, -0.15) is 0 Å². The minimum atomic E-state index is -1.71. The van der Waals surface area contributed by atoms with E-state index in [1.165, 1.54) is 0 Å². The Hall–Kier alpha value is -4.00. The van der Waals surface area contributed by atoms with Crippen LogP contribution in [-0.4, -0.2) is 69.9 Å². The molecule has 1 aromatic carbocycles. The molecule has 198 valence electrons. The number of aliphatic carboxylic acids is 2. The normalized spacial score (nSPS) is 14.1. The minimum absolute atomic E-state index is 0.0210. The van der Waals surface area contributed by atoms with Crippen molar-refractivity contribution in [1.29, 1.82) is 0 Å². The number of rotatable bonds is 15. The molecule has 0 heterocycles. The monoisotopic (exact) mass is 507 g/mol. The van der Waals surface area contributed by atoms with E-state index in [4.69, 9.17) is 16.6 Å². The highest BCUT2D eigenvalue weighted by atomic mass is 16.4. The lowest BCUT2D eigenvalue weighted by atomic mass is 10.00. The number of primary amides is 1. The molecule has 4 amide bonds. The van der Waals surface area contributed by atoms with Gasteiger partial charge in [0.25, 0.3) is 0 Å². The van der Waals surface area contributed by atoms with E-state index in [9.17, 15) is 33.9 Å². The van der Waals surface area contributed by atoms with Gasteiger partial charge in [-0.3, -0.25) is 24.0 Å². The zero-order valence-corrected chi connectivity index (χ0v) is 20.1. The molecule has 36 heavy (non-hydrogen) atoms. The van der Waals surface area contributed by atoms with Gasteiger partial charge >= 0.3 is 11.9 Å². The average molecular weight is 508 g/mol. The maximum atomic E-state index is 13.1. The molecule has 1 aromatic rings. The summed E-state index contributed by atoms with van der Waals surface area (Å²) in [4.78, 5) is 71.8. The molecular formula is C23H33N5O8. The molecule has 0 aliphatic carbocycles. The molecule has 0 radical (unpaired) electrons. The number of carbonyl (C=O) groups excluding carboxylic acids is 4. The lowest BCUT2D eigenvalue weighted by Gasteiger charge is -2.27. The molecule has 0 spiro atoms. The molecule has 0 saturated heterocycles. The number of amides is 4. The summed E-state index contributed by atoms with van der Waals surface area (Å²) >= 11 is 0. The van der Waals surface area contributed by atoms with Crippen molar-refractivity contribution in [2.24, 2.45) is 17.4 Å². The van der Waals surface area contributed by atoms with Crippen molar-refractivity contribution in [3.63, 3.8) is 0 Å². The van der Waals surface area contributed by atoms with Gasteiger partial charge in [-0.15, -0.1) is 0 Å². The van der Waals surface area contributed by atoms with Gasteiger partial charge in [0.05, 0.1) is 12.5 Å². The van der Waals surface area contributed by atoms with Gasteiger partial charge in [0.15, 0.2) is 0 Å². The lowest BCUT2D eigenvalue weighted by Crippen LogP contribution is -2.59. The van der Waals surface area contributed by atoms with Crippen LogP contribution < -0.4 is 27.4 Å². The zero-order valence-electron chi connectivity index (χ0n) is 20.1. The molecule has 4 unspecified atom stereocenters. The van der Waals surface area contributed by atoms with Crippen LogP contribution in [0.4, 0.5) is 0 Å². The maximum absolute atomic E-state index is 13.1. The highest BCUT2D eigenvalue weighted by Crippen LogP contribution is 2.08. The fourth-order valence-corrected chi connectivity index (χ4v) is 3.19. The first kappa shape index (κ1) is 30.0. The number of nitrogens with two attached hydrogens (primary N) is 2. The Morgan fingerprint density at radius 2 is 1.44 bits per heavy atom. The smallest absolute Gasteiger partial charge is 0.326 e. The maximum Gasteiger partial charge on any atom is 0.326 e. The second-order valence-corrected chi connectivity index (χ2v) is 8.59. The Morgan fingerprint density at radius 3 is 1.94 bits per heavy atom. The largest absolute Gasteiger partial charge is 0.481 e. The Labute approximate surface area is 208 Å². The number of hydrogen-bond donors (Lipinski definition) is 7. The number of benzene rings is 1. The summed E-state index contributed by atoms with van der Waals surface area (Å²) in [5.74, 6) is -6.38. The molecule has 0 aliphatic rings. The van der Waals surface area contributed by atoms with Crippen LogP contribution >= 0.6 is 0 Å². The summed E-state index contributed by atoms with van der Waals surface area (Å²) in [6.45, 7) is 3.30. The molecule has 0 aromatic heterocycles. The van der Waals surface area contributed by atoms with Gasteiger partial charge in [-0.05, 0) is 17.9 Å². The van der Waals surface area contributed by atoms with E-state index in [1.807, 2.05) is 0 Å². The van der Waals surface area contributed by atoms with Gasteiger partial charge in [-0.25, -0.2) is 4.79 Å². The third kappa shape index (κ3) is 10.5. The molecule has 13 heteroatoms. The quantitative estimate of drug-likeness (QED) is 0.146. The first-order valence-electron chi connectivity index (χ1n) is 11.2. The second-order valence-electron chi connectivity index (χ2n) is 8.59. The van der Waals surface area contributed by atoms with Crippen molar-refractivity contribution in [2.75, 3.05) is 0 Å². The third-order valence-electron chi connectivity index (χ3n) is 5.19. The first-order chi connectivity index (χ1) is 16.8. The average Bonchev–Trinajstić information content (AvgIpc) is 2.79. The van der Waals surface area contributed by atoms with Gasteiger partial charge in [-0.1, -0.05) is 44.2 Å². The minimum Gasteiger partial charge on any atom is -0.481 e. The van der Waals surface area contributed by atoms with Gasteiger partial charge < -0.3 is 37.6 Å². The summed E-state index contributed by atoms with van der Waals surface area (Å²) in [5.41, 5.74) is 11.5. The van der Waals surface area contributed by atoms with Gasteiger partial charge in [0.2, 0.25) is 23.6 Å². The molecule has 0 fully saturated rings. The molecule has 1 rings (SSSR count).